The quantitative estimate of drug-likeness (QED) is 0.839. The van der Waals surface area contributed by atoms with Gasteiger partial charge >= 0.3 is 5.97 Å². The van der Waals surface area contributed by atoms with Crippen LogP contribution in [0.2, 0.25) is 0 Å². The van der Waals surface area contributed by atoms with Gasteiger partial charge < -0.3 is 20.3 Å². The van der Waals surface area contributed by atoms with Gasteiger partial charge in [-0.3, -0.25) is 4.79 Å². The molecule has 3 N–H and O–H groups in total. The average molecular weight is 289 g/mol. The molecule has 0 aliphatic carbocycles. The number of hydrogen-bond acceptors (Lipinski definition) is 4. The van der Waals surface area contributed by atoms with E-state index in [2.05, 4.69) is 0 Å². The fourth-order valence-electron chi connectivity index (χ4n) is 1.83. The highest BCUT2D eigenvalue weighted by molar-refractivity contribution is 5.68. The molecule has 0 saturated heterocycles. The summed E-state index contributed by atoms with van der Waals surface area (Å²) in [5, 5.41) is 8.72. The molecule has 0 aromatic heterocycles. The van der Waals surface area contributed by atoms with Crippen LogP contribution in [0.4, 0.5) is 8.78 Å². The number of ether oxygens (including phenoxy) is 2. The number of halogens is 2. The van der Waals surface area contributed by atoms with Crippen LogP contribution in [0.15, 0.2) is 12.1 Å². The van der Waals surface area contributed by atoms with Crippen molar-refractivity contribution in [3.63, 3.8) is 0 Å². The van der Waals surface area contributed by atoms with Crippen LogP contribution < -0.4 is 15.2 Å². The average Bonchev–Trinajstić information content (AvgIpc) is 2.34. The van der Waals surface area contributed by atoms with E-state index in [9.17, 15) is 13.6 Å². The van der Waals surface area contributed by atoms with Gasteiger partial charge in [-0.1, -0.05) is 0 Å². The molecule has 1 atom stereocenters. The third-order valence-corrected chi connectivity index (χ3v) is 2.80. The van der Waals surface area contributed by atoms with Crippen LogP contribution in [0.25, 0.3) is 0 Å². The van der Waals surface area contributed by atoms with Gasteiger partial charge in [-0.25, -0.2) is 8.78 Å². The number of nitrogens with two attached hydrogens (primary N) is 1. The molecule has 0 amide bonds. The van der Waals surface area contributed by atoms with Crippen LogP contribution in [0.1, 0.15) is 30.5 Å². The third-order valence-electron chi connectivity index (χ3n) is 2.80. The number of aliphatic carboxylic acids is 1. The molecule has 0 heterocycles. The highest BCUT2D eigenvalue weighted by Crippen LogP contribution is 2.42. The molecule has 5 nitrogen and oxygen atoms in total. The molecular formula is C13H17F2NO4. The Bertz CT molecular complexity index is 500. The second kappa shape index (κ2) is 6.04. The summed E-state index contributed by atoms with van der Waals surface area (Å²) < 4.78 is 37.2. The molecule has 0 radical (unpaired) electrons. The smallest absolute Gasteiger partial charge is 0.305 e. The maximum absolute atomic E-state index is 13.6. The van der Waals surface area contributed by atoms with Crippen molar-refractivity contribution < 1.29 is 28.2 Å². The second-order valence-corrected chi connectivity index (χ2v) is 4.40. The van der Waals surface area contributed by atoms with Crippen LogP contribution in [0.5, 0.6) is 11.5 Å². The highest BCUT2D eigenvalue weighted by Gasteiger charge is 2.32. The maximum Gasteiger partial charge on any atom is 0.305 e. The van der Waals surface area contributed by atoms with Crippen molar-refractivity contribution in [3.05, 3.63) is 23.3 Å². The van der Waals surface area contributed by atoms with Crippen molar-refractivity contribution in [2.75, 3.05) is 14.2 Å². The highest BCUT2D eigenvalue weighted by atomic mass is 19.3. The molecule has 0 fully saturated rings. The fourth-order valence-corrected chi connectivity index (χ4v) is 1.83. The van der Waals surface area contributed by atoms with Crippen molar-refractivity contribution in [2.24, 2.45) is 5.73 Å². The van der Waals surface area contributed by atoms with E-state index in [-0.39, 0.29) is 23.5 Å². The van der Waals surface area contributed by atoms with Crippen LogP contribution >= 0.6 is 0 Å². The number of rotatable bonds is 6. The number of benzene rings is 1. The fraction of sp³-hybridized carbons (Fsp3) is 0.462. The zero-order valence-corrected chi connectivity index (χ0v) is 11.4. The largest absolute Gasteiger partial charge is 0.493 e. The van der Waals surface area contributed by atoms with E-state index in [1.807, 2.05) is 0 Å². The Morgan fingerprint density at radius 1 is 1.40 bits per heavy atom. The van der Waals surface area contributed by atoms with Gasteiger partial charge in [0.2, 0.25) is 0 Å². The molecule has 7 heteroatoms. The van der Waals surface area contributed by atoms with Crippen molar-refractivity contribution in [2.45, 2.75) is 25.3 Å². The van der Waals surface area contributed by atoms with E-state index < -0.39 is 23.5 Å². The minimum atomic E-state index is -3.17. The third kappa shape index (κ3) is 3.57. The monoisotopic (exact) mass is 289 g/mol. The molecule has 0 bridgehead atoms. The van der Waals surface area contributed by atoms with E-state index in [0.29, 0.717) is 0 Å². The van der Waals surface area contributed by atoms with E-state index in [1.54, 1.807) is 0 Å². The topological polar surface area (TPSA) is 81.8 Å². The molecular weight excluding hydrogens is 272 g/mol. The second-order valence-electron chi connectivity index (χ2n) is 4.40. The Morgan fingerprint density at radius 3 is 2.40 bits per heavy atom. The van der Waals surface area contributed by atoms with Crippen LogP contribution in [0.3, 0.4) is 0 Å². The zero-order valence-electron chi connectivity index (χ0n) is 11.4. The van der Waals surface area contributed by atoms with Gasteiger partial charge in [0.25, 0.3) is 5.92 Å². The van der Waals surface area contributed by atoms with E-state index >= 15 is 0 Å². The lowest BCUT2D eigenvalue weighted by Gasteiger charge is -2.20. The predicted molar refractivity (Wildman–Crippen MR) is 68.3 cm³/mol. The Labute approximate surface area is 115 Å². The molecule has 1 aromatic carbocycles. The number of hydrogen-bond donors (Lipinski definition) is 2. The maximum atomic E-state index is 13.6. The molecule has 1 rings (SSSR count). The molecule has 0 saturated carbocycles. The standard InChI is InChI=1S/C13H17F2NO4/c1-13(14,15)8-4-7(9(16)6-11(17)18)5-10(19-2)12(8)20-3/h4-5,9H,6,16H2,1-3H3,(H,17,18). The minimum absolute atomic E-state index is 0.0855. The molecule has 0 aliphatic rings. The molecule has 1 unspecified atom stereocenters. The van der Waals surface area contributed by atoms with Crippen LogP contribution in [-0.4, -0.2) is 25.3 Å². The molecule has 20 heavy (non-hydrogen) atoms. The van der Waals surface area contributed by atoms with Gasteiger partial charge in [0.1, 0.15) is 0 Å². The zero-order chi connectivity index (χ0) is 15.5. The number of carboxylic acid groups (broad SMARTS) is 1. The first-order chi connectivity index (χ1) is 9.20. The predicted octanol–water partition coefficient (Wildman–Crippen LogP) is 2.29. The summed E-state index contributed by atoms with van der Waals surface area (Å²) in [6, 6.07) is 1.64. The van der Waals surface area contributed by atoms with E-state index in [0.717, 1.165) is 13.0 Å². The number of alkyl halides is 2. The summed E-state index contributed by atoms with van der Waals surface area (Å²) in [6.45, 7) is 0.719. The lowest BCUT2D eigenvalue weighted by atomic mass is 9.98. The van der Waals surface area contributed by atoms with Crippen molar-refractivity contribution >= 4 is 5.97 Å². The molecule has 112 valence electrons. The van der Waals surface area contributed by atoms with Crippen molar-refractivity contribution in [3.8, 4) is 11.5 Å². The SMILES string of the molecule is COc1cc(C(N)CC(=O)O)cc(C(C)(F)F)c1OC. The first-order valence-electron chi connectivity index (χ1n) is 5.82. The van der Waals surface area contributed by atoms with Crippen molar-refractivity contribution in [1.29, 1.82) is 0 Å². The van der Waals surface area contributed by atoms with Gasteiger partial charge in [-0.2, -0.15) is 0 Å². The normalized spacial score (nSPS) is 12.9. The first-order valence-corrected chi connectivity index (χ1v) is 5.82. The molecule has 0 aliphatic heterocycles. The van der Waals surface area contributed by atoms with Gasteiger partial charge in [0.15, 0.2) is 11.5 Å². The molecule has 1 aromatic rings. The Hall–Kier alpha value is -1.89. The lowest BCUT2D eigenvalue weighted by Crippen LogP contribution is -2.17. The van der Waals surface area contributed by atoms with E-state index in [1.165, 1.54) is 20.3 Å². The Morgan fingerprint density at radius 2 is 2.00 bits per heavy atom. The van der Waals surface area contributed by atoms with E-state index in [4.69, 9.17) is 20.3 Å². The Balaban J connectivity index is 3.39. The number of carbonyl (C=O) groups is 1. The van der Waals surface area contributed by atoms with Crippen LogP contribution in [0, 0.1) is 0 Å². The minimum Gasteiger partial charge on any atom is -0.493 e. The van der Waals surface area contributed by atoms with Gasteiger partial charge in [0, 0.05) is 13.0 Å². The number of carboxylic acids is 1. The van der Waals surface area contributed by atoms with Crippen LogP contribution in [-0.2, 0) is 10.7 Å². The summed E-state index contributed by atoms with van der Waals surface area (Å²) in [7, 11) is 2.56. The summed E-state index contributed by atoms with van der Waals surface area (Å²) in [5.41, 5.74) is 5.56. The van der Waals surface area contributed by atoms with Crippen molar-refractivity contribution in [1.82, 2.24) is 0 Å². The van der Waals surface area contributed by atoms with Gasteiger partial charge in [-0.15, -0.1) is 0 Å². The molecule has 0 spiro atoms. The van der Waals surface area contributed by atoms with Gasteiger partial charge in [0.05, 0.1) is 26.2 Å². The Kier molecular flexibility index (Phi) is 4.88. The summed E-state index contributed by atoms with van der Waals surface area (Å²) in [5.74, 6) is -4.29. The summed E-state index contributed by atoms with van der Waals surface area (Å²) >= 11 is 0. The number of methoxy groups -OCH3 is 2. The first kappa shape index (κ1) is 16.2. The summed E-state index contributed by atoms with van der Waals surface area (Å²) in [6.07, 6.45) is -0.371. The summed E-state index contributed by atoms with van der Waals surface area (Å²) in [4.78, 5) is 10.7. The van der Waals surface area contributed by atoms with Gasteiger partial charge in [-0.05, 0) is 17.7 Å². The lowest BCUT2D eigenvalue weighted by molar-refractivity contribution is -0.137.